The van der Waals surface area contributed by atoms with Crippen molar-refractivity contribution < 1.29 is 15.0 Å². The Morgan fingerprint density at radius 1 is 1.05 bits per heavy atom. The van der Waals surface area contributed by atoms with E-state index in [4.69, 9.17) is 0 Å². The second kappa shape index (κ2) is 5.61. The number of carbonyl (C=O) groups is 1. The number of allylic oxidation sites excluding steroid dienone is 1. The van der Waals surface area contributed by atoms with Crippen molar-refractivity contribution in [3.05, 3.63) is 70.8 Å². The molecule has 0 saturated heterocycles. The molecule has 2 aromatic rings. The Morgan fingerprint density at radius 2 is 1.75 bits per heavy atom. The van der Waals surface area contributed by atoms with Gasteiger partial charge in [-0.15, -0.1) is 0 Å². The molecule has 3 heteroatoms. The Labute approximate surface area is 117 Å². The van der Waals surface area contributed by atoms with E-state index in [0.717, 1.165) is 17.2 Å². The van der Waals surface area contributed by atoms with E-state index in [1.165, 1.54) is 6.07 Å². The van der Waals surface area contributed by atoms with Crippen LogP contribution in [0.2, 0.25) is 0 Å². The normalized spacial score (nSPS) is 11.4. The fourth-order valence-corrected chi connectivity index (χ4v) is 1.94. The van der Waals surface area contributed by atoms with Gasteiger partial charge in [0.2, 0.25) is 0 Å². The Kier molecular flexibility index (Phi) is 3.89. The van der Waals surface area contributed by atoms with E-state index in [0.29, 0.717) is 5.56 Å². The molecule has 0 aliphatic rings. The highest BCUT2D eigenvalue weighted by Gasteiger charge is 2.10. The first kappa shape index (κ1) is 13.9. The summed E-state index contributed by atoms with van der Waals surface area (Å²) in [6, 6.07) is 12.0. The third-order valence-corrected chi connectivity index (χ3v) is 3.00. The van der Waals surface area contributed by atoms with Crippen LogP contribution in [0.15, 0.2) is 48.5 Å². The SMILES string of the molecule is Cc1cccc(/C(O)=C/C(=O)c2ccc(C)cc2O)c1. The maximum absolute atomic E-state index is 12.0. The van der Waals surface area contributed by atoms with E-state index < -0.39 is 5.78 Å². The molecule has 0 aliphatic carbocycles. The van der Waals surface area contributed by atoms with Crippen molar-refractivity contribution in [2.75, 3.05) is 0 Å². The molecule has 0 aromatic heterocycles. The first-order chi connectivity index (χ1) is 9.47. The predicted octanol–water partition coefficient (Wildman–Crippen LogP) is 3.79. The summed E-state index contributed by atoms with van der Waals surface area (Å²) in [7, 11) is 0. The molecular weight excluding hydrogens is 252 g/mol. The summed E-state index contributed by atoms with van der Waals surface area (Å²) >= 11 is 0. The van der Waals surface area contributed by atoms with Crippen molar-refractivity contribution >= 4 is 11.5 Å². The number of aromatic hydroxyl groups is 1. The first-order valence-electron chi connectivity index (χ1n) is 6.29. The third kappa shape index (κ3) is 3.06. The number of benzene rings is 2. The number of hydrogen-bond donors (Lipinski definition) is 2. The van der Waals surface area contributed by atoms with Gasteiger partial charge in [-0.3, -0.25) is 4.79 Å². The average Bonchev–Trinajstić information content (AvgIpc) is 2.38. The fraction of sp³-hybridized carbons (Fsp3) is 0.118. The number of aliphatic hydroxyl groups is 1. The third-order valence-electron chi connectivity index (χ3n) is 3.00. The molecule has 0 unspecified atom stereocenters. The molecule has 0 radical (unpaired) electrons. The van der Waals surface area contributed by atoms with E-state index in [-0.39, 0.29) is 17.1 Å². The number of ketones is 1. The zero-order chi connectivity index (χ0) is 14.7. The molecule has 2 aromatic carbocycles. The standard InChI is InChI=1S/C17H16O3/c1-11-4-3-5-13(8-11)15(18)10-17(20)14-7-6-12(2)9-16(14)19/h3-10,18-19H,1-2H3/b15-10-. The summed E-state index contributed by atoms with van der Waals surface area (Å²) in [4.78, 5) is 12.0. The van der Waals surface area contributed by atoms with Gasteiger partial charge in [-0.1, -0.05) is 29.8 Å². The molecule has 0 aliphatic heterocycles. The first-order valence-corrected chi connectivity index (χ1v) is 6.29. The van der Waals surface area contributed by atoms with Crippen LogP contribution in [0.1, 0.15) is 27.0 Å². The Morgan fingerprint density at radius 3 is 2.40 bits per heavy atom. The molecule has 3 nitrogen and oxygen atoms in total. The van der Waals surface area contributed by atoms with Crippen molar-refractivity contribution in [1.82, 2.24) is 0 Å². The van der Waals surface area contributed by atoms with Gasteiger partial charge in [0.15, 0.2) is 5.78 Å². The van der Waals surface area contributed by atoms with Gasteiger partial charge >= 0.3 is 0 Å². The summed E-state index contributed by atoms with van der Waals surface area (Å²) in [5, 5.41) is 19.7. The Balaban J connectivity index is 2.32. The number of aliphatic hydroxyl groups excluding tert-OH is 1. The van der Waals surface area contributed by atoms with Crippen molar-refractivity contribution in [2.24, 2.45) is 0 Å². The molecule has 2 N–H and O–H groups in total. The number of hydrogen-bond acceptors (Lipinski definition) is 3. The maximum Gasteiger partial charge on any atom is 0.193 e. The zero-order valence-corrected chi connectivity index (χ0v) is 11.4. The second-order valence-corrected chi connectivity index (χ2v) is 4.78. The molecule has 2 rings (SSSR count). The number of phenolic OH excluding ortho intramolecular Hbond substituents is 1. The molecular formula is C17H16O3. The summed E-state index contributed by atoms with van der Waals surface area (Å²) in [6.07, 6.45) is 1.12. The van der Waals surface area contributed by atoms with Crippen LogP contribution in [0.25, 0.3) is 5.76 Å². The molecule has 0 bridgehead atoms. The summed E-state index contributed by atoms with van der Waals surface area (Å²) < 4.78 is 0. The van der Waals surface area contributed by atoms with Gasteiger partial charge in [0, 0.05) is 11.6 Å². The van der Waals surface area contributed by atoms with Gasteiger partial charge in [0.25, 0.3) is 0 Å². The van der Waals surface area contributed by atoms with E-state index in [9.17, 15) is 15.0 Å². The van der Waals surface area contributed by atoms with Crippen LogP contribution in [-0.4, -0.2) is 16.0 Å². The number of phenols is 1. The highest BCUT2D eigenvalue weighted by atomic mass is 16.3. The molecule has 20 heavy (non-hydrogen) atoms. The summed E-state index contributed by atoms with van der Waals surface area (Å²) in [5.41, 5.74) is 2.61. The number of rotatable bonds is 3. The van der Waals surface area contributed by atoms with Gasteiger partial charge in [-0.2, -0.15) is 0 Å². The minimum atomic E-state index is -0.429. The topological polar surface area (TPSA) is 57.5 Å². The fourth-order valence-electron chi connectivity index (χ4n) is 1.94. The molecule has 0 spiro atoms. The largest absolute Gasteiger partial charge is 0.507 e. The van der Waals surface area contributed by atoms with Crippen LogP contribution in [-0.2, 0) is 0 Å². The summed E-state index contributed by atoms with van der Waals surface area (Å²) in [5.74, 6) is -0.622. The van der Waals surface area contributed by atoms with Crippen LogP contribution in [0.5, 0.6) is 5.75 Å². The minimum absolute atomic E-state index is 0.0803. The van der Waals surface area contributed by atoms with E-state index in [1.54, 1.807) is 24.3 Å². The molecule has 0 fully saturated rings. The van der Waals surface area contributed by atoms with Crippen molar-refractivity contribution in [3.63, 3.8) is 0 Å². The minimum Gasteiger partial charge on any atom is -0.507 e. The van der Waals surface area contributed by atoms with E-state index >= 15 is 0 Å². The van der Waals surface area contributed by atoms with Gasteiger partial charge in [-0.05, 0) is 37.6 Å². The zero-order valence-electron chi connectivity index (χ0n) is 11.4. The molecule has 0 amide bonds. The lowest BCUT2D eigenvalue weighted by Gasteiger charge is -2.04. The molecule has 0 saturated carbocycles. The Hall–Kier alpha value is -2.55. The Bertz CT molecular complexity index is 684. The lowest BCUT2D eigenvalue weighted by Crippen LogP contribution is -1.97. The van der Waals surface area contributed by atoms with Gasteiger partial charge in [0.05, 0.1) is 5.56 Å². The molecule has 0 heterocycles. The highest BCUT2D eigenvalue weighted by molar-refractivity contribution is 6.09. The van der Waals surface area contributed by atoms with Crippen molar-refractivity contribution in [1.29, 1.82) is 0 Å². The lowest BCUT2D eigenvalue weighted by atomic mass is 10.0. The monoisotopic (exact) mass is 268 g/mol. The van der Waals surface area contributed by atoms with Gasteiger partial charge in [0.1, 0.15) is 11.5 Å². The van der Waals surface area contributed by atoms with Crippen molar-refractivity contribution in [2.45, 2.75) is 13.8 Å². The van der Waals surface area contributed by atoms with E-state index in [2.05, 4.69) is 0 Å². The predicted molar refractivity (Wildman–Crippen MR) is 79.0 cm³/mol. The molecule has 0 atom stereocenters. The van der Waals surface area contributed by atoms with Crippen LogP contribution in [0.3, 0.4) is 0 Å². The van der Waals surface area contributed by atoms with Crippen molar-refractivity contribution in [3.8, 4) is 5.75 Å². The van der Waals surface area contributed by atoms with Gasteiger partial charge in [-0.25, -0.2) is 0 Å². The van der Waals surface area contributed by atoms with Gasteiger partial charge < -0.3 is 10.2 Å². The highest BCUT2D eigenvalue weighted by Crippen LogP contribution is 2.21. The maximum atomic E-state index is 12.0. The molecule has 102 valence electrons. The lowest BCUT2D eigenvalue weighted by molar-refractivity contribution is 0.104. The average molecular weight is 268 g/mol. The summed E-state index contributed by atoms with van der Waals surface area (Å²) in [6.45, 7) is 3.73. The smallest absolute Gasteiger partial charge is 0.193 e. The number of aryl methyl sites for hydroxylation is 2. The quantitative estimate of drug-likeness (QED) is 0.506. The van der Waals surface area contributed by atoms with E-state index in [1.807, 2.05) is 26.0 Å². The number of carbonyl (C=O) groups excluding carboxylic acids is 1. The van der Waals surface area contributed by atoms with Crippen LogP contribution in [0.4, 0.5) is 0 Å². The van der Waals surface area contributed by atoms with Crippen LogP contribution in [0, 0.1) is 13.8 Å². The van der Waals surface area contributed by atoms with Crippen LogP contribution >= 0.6 is 0 Å². The van der Waals surface area contributed by atoms with Crippen LogP contribution < -0.4 is 0 Å². The second-order valence-electron chi connectivity index (χ2n) is 4.78.